The van der Waals surface area contributed by atoms with E-state index in [-0.39, 0.29) is 5.28 Å². The molecule has 0 radical (unpaired) electrons. The molecule has 2 aromatic rings. The molecule has 90 valence electrons. The van der Waals surface area contributed by atoms with E-state index < -0.39 is 11.7 Å². The average Bonchev–Trinajstić information content (AvgIpc) is 2.63. The predicted molar refractivity (Wildman–Crippen MR) is 59.2 cm³/mol. The lowest BCUT2D eigenvalue weighted by Gasteiger charge is -2.06. The predicted octanol–water partition coefficient (Wildman–Crippen LogP) is 3.80. The molecule has 0 saturated heterocycles. The van der Waals surface area contributed by atoms with E-state index in [9.17, 15) is 13.2 Å². The highest BCUT2D eigenvalue weighted by atomic mass is 35.5. The first-order chi connectivity index (χ1) is 7.95. The highest BCUT2D eigenvalue weighted by molar-refractivity contribution is 7.05. The molecule has 0 saturated carbocycles. The summed E-state index contributed by atoms with van der Waals surface area (Å²) in [5.74, 6) is 0. The van der Waals surface area contributed by atoms with Crippen molar-refractivity contribution in [3.63, 3.8) is 0 Å². The standard InChI is InChI=1S/C10H6ClF3N2S/c11-9-15-8(17-16-9)5-6-1-3-7(4-2-6)10(12,13)14/h1-4H,5H2. The Balaban J connectivity index is 2.13. The number of benzene rings is 1. The van der Waals surface area contributed by atoms with E-state index in [1.165, 1.54) is 12.1 Å². The first-order valence-electron chi connectivity index (χ1n) is 4.59. The maximum absolute atomic E-state index is 12.3. The number of hydrogen-bond acceptors (Lipinski definition) is 3. The van der Waals surface area contributed by atoms with Crippen LogP contribution < -0.4 is 0 Å². The smallest absolute Gasteiger partial charge is 0.209 e. The van der Waals surface area contributed by atoms with Crippen molar-refractivity contribution < 1.29 is 13.2 Å². The minimum absolute atomic E-state index is 0.164. The zero-order valence-corrected chi connectivity index (χ0v) is 9.90. The van der Waals surface area contributed by atoms with Crippen LogP contribution in [0, 0.1) is 0 Å². The Morgan fingerprint density at radius 1 is 1.18 bits per heavy atom. The Morgan fingerprint density at radius 3 is 2.29 bits per heavy atom. The Bertz CT molecular complexity index is 507. The summed E-state index contributed by atoms with van der Waals surface area (Å²) in [5, 5.41) is 0.840. The SMILES string of the molecule is FC(F)(F)c1ccc(Cc2nc(Cl)ns2)cc1. The van der Waals surface area contributed by atoms with E-state index >= 15 is 0 Å². The van der Waals surface area contributed by atoms with E-state index in [2.05, 4.69) is 9.36 Å². The van der Waals surface area contributed by atoms with E-state index in [1.54, 1.807) is 0 Å². The van der Waals surface area contributed by atoms with Crippen molar-refractivity contribution >= 4 is 23.1 Å². The molecular weight excluding hydrogens is 273 g/mol. The quantitative estimate of drug-likeness (QED) is 0.835. The third-order valence-corrected chi connectivity index (χ3v) is 3.06. The lowest BCUT2D eigenvalue weighted by molar-refractivity contribution is -0.137. The Hall–Kier alpha value is -1.14. The Labute approximate surface area is 104 Å². The second kappa shape index (κ2) is 4.62. The van der Waals surface area contributed by atoms with Gasteiger partial charge in [0, 0.05) is 6.42 Å². The summed E-state index contributed by atoms with van der Waals surface area (Å²) >= 11 is 6.69. The van der Waals surface area contributed by atoms with E-state index in [0.29, 0.717) is 11.4 Å². The number of nitrogens with zero attached hydrogens (tertiary/aromatic N) is 2. The third kappa shape index (κ3) is 3.17. The molecule has 2 rings (SSSR count). The summed E-state index contributed by atoms with van der Waals surface area (Å²) in [6.45, 7) is 0. The molecule has 7 heteroatoms. The Morgan fingerprint density at radius 2 is 1.82 bits per heavy atom. The number of halogens is 4. The molecule has 1 heterocycles. The van der Waals surface area contributed by atoms with Gasteiger partial charge >= 0.3 is 6.18 Å². The molecule has 2 nitrogen and oxygen atoms in total. The van der Waals surface area contributed by atoms with Crippen LogP contribution >= 0.6 is 23.1 Å². The summed E-state index contributed by atoms with van der Waals surface area (Å²) in [4.78, 5) is 3.93. The van der Waals surface area contributed by atoms with Gasteiger partial charge in [-0.15, -0.1) is 0 Å². The number of aromatic nitrogens is 2. The van der Waals surface area contributed by atoms with Gasteiger partial charge in [0.1, 0.15) is 5.01 Å². The van der Waals surface area contributed by atoms with Crippen molar-refractivity contribution in [2.24, 2.45) is 0 Å². The molecule has 1 aromatic heterocycles. The molecule has 0 fully saturated rings. The van der Waals surface area contributed by atoms with Crippen molar-refractivity contribution in [1.82, 2.24) is 9.36 Å². The van der Waals surface area contributed by atoms with Gasteiger partial charge in [-0.1, -0.05) is 12.1 Å². The summed E-state index contributed by atoms with van der Waals surface area (Å²) in [6.07, 6.45) is -3.87. The van der Waals surface area contributed by atoms with Crippen molar-refractivity contribution in [3.8, 4) is 0 Å². The van der Waals surface area contributed by atoms with Gasteiger partial charge in [-0.05, 0) is 40.8 Å². The summed E-state index contributed by atoms with van der Waals surface area (Å²) in [7, 11) is 0. The minimum Gasteiger partial charge on any atom is -0.209 e. The summed E-state index contributed by atoms with van der Waals surface area (Å²) in [5.41, 5.74) is 0.0855. The first kappa shape index (κ1) is 12.3. The van der Waals surface area contributed by atoms with Crippen molar-refractivity contribution in [2.45, 2.75) is 12.6 Å². The average molecular weight is 279 g/mol. The lowest BCUT2D eigenvalue weighted by Crippen LogP contribution is -2.04. The first-order valence-corrected chi connectivity index (χ1v) is 5.74. The van der Waals surface area contributed by atoms with Gasteiger partial charge in [-0.25, -0.2) is 4.98 Å². The van der Waals surface area contributed by atoms with E-state index in [4.69, 9.17) is 11.6 Å². The number of hydrogen-bond donors (Lipinski definition) is 0. The van der Waals surface area contributed by atoms with Crippen LogP contribution in [0.5, 0.6) is 0 Å². The summed E-state index contributed by atoms with van der Waals surface area (Å²) < 4.78 is 40.7. The van der Waals surface area contributed by atoms with Gasteiger partial charge in [-0.3, -0.25) is 0 Å². The van der Waals surface area contributed by atoms with E-state index in [0.717, 1.165) is 29.2 Å². The zero-order valence-electron chi connectivity index (χ0n) is 8.33. The fourth-order valence-corrected chi connectivity index (χ4v) is 2.13. The molecule has 0 spiro atoms. The minimum atomic E-state index is -4.30. The van der Waals surface area contributed by atoms with Gasteiger partial charge in [0.25, 0.3) is 0 Å². The molecule has 0 aliphatic heterocycles. The normalized spacial score (nSPS) is 11.8. The summed E-state index contributed by atoms with van der Waals surface area (Å²) in [6, 6.07) is 4.96. The molecule has 1 aromatic carbocycles. The Kier molecular flexibility index (Phi) is 3.35. The van der Waals surface area contributed by atoms with Crippen LogP contribution in [-0.4, -0.2) is 9.36 Å². The third-order valence-electron chi connectivity index (χ3n) is 2.08. The van der Waals surface area contributed by atoms with Crippen molar-refractivity contribution in [2.75, 3.05) is 0 Å². The monoisotopic (exact) mass is 278 g/mol. The molecule has 0 N–H and O–H groups in total. The molecule has 0 unspecified atom stereocenters. The molecule has 0 aliphatic carbocycles. The van der Waals surface area contributed by atoms with Crippen molar-refractivity contribution in [3.05, 3.63) is 45.7 Å². The topological polar surface area (TPSA) is 25.8 Å². The molecule has 17 heavy (non-hydrogen) atoms. The maximum Gasteiger partial charge on any atom is 0.416 e. The van der Waals surface area contributed by atoms with Gasteiger partial charge in [0.05, 0.1) is 5.56 Å². The highest BCUT2D eigenvalue weighted by Gasteiger charge is 2.29. The molecule has 0 aliphatic rings. The van der Waals surface area contributed by atoms with Crippen LogP contribution in [0.15, 0.2) is 24.3 Å². The van der Waals surface area contributed by atoms with E-state index in [1.807, 2.05) is 0 Å². The number of rotatable bonds is 2. The van der Waals surface area contributed by atoms with Crippen molar-refractivity contribution in [1.29, 1.82) is 0 Å². The molecule has 0 atom stereocenters. The van der Waals surface area contributed by atoms with Crippen LogP contribution in [0.1, 0.15) is 16.1 Å². The van der Waals surface area contributed by atoms with Crippen LogP contribution in [0.2, 0.25) is 5.28 Å². The molecule has 0 amide bonds. The second-order valence-corrected chi connectivity index (χ2v) is 4.50. The van der Waals surface area contributed by atoms with Crippen LogP contribution in [0.3, 0.4) is 0 Å². The maximum atomic E-state index is 12.3. The fraction of sp³-hybridized carbons (Fsp3) is 0.200. The van der Waals surface area contributed by atoms with Crippen LogP contribution in [0.25, 0.3) is 0 Å². The lowest BCUT2D eigenvalue weighted by atomic mass is 10.1. The molecule has 0 bridgehead atoms. The molecular formula is C10H6ClF3N2S. The zero-order chi connectivity index (χ0) is 12.5. The largest absolute Gasteiger partial charge is 0.416 e. The van der Waals surface area contributed by atoms with Crippen LogP contribution in [-0.2, 0) is 12.6 Å². The number of alkyl halides is 3. The fourth-order valence-electron chi connectivity index (χ4n) is 1.29. The van der Waals surface area contributed by atoms with Crippen LogP contribution in [0.4, 0.5) is 13.2 Å². The van der Waals surface area contributed by atoms with Gasteiger partial charge in [-0.2, -0.15) is 17.5 Å². The van der Waals surface area contributed by atoms with Gasteiger partial charge < -0.3 is 0 Å². The second-order valence-electron chi connectivity index (χ2n) is 3.33. The highest BCUT2D eigenvalue weighted by Crippen LogP contribution is 2.29. The van der Waals surface area contributed by atoms with Gasteiger partial charge in [0.2, 0.25) is 5.28 Å². The van der Waals surface area contributed by atoms with Gasteiger partial charge in [0.15, 0.2) is 0 Å².